The number of nitrogens with one attached hydrogen (secondary N) is 1. The van der Waals surface area contributed by atoms with Gasteiger partial charge < -0.3 is 4.90 Å². The van der Waals surface area contributed by atoms with Crippen molar-refractivity contribution in [3.8, 4) is 0 Å². The zero-order valence-electron chi connectivity index (χ0n) is 7.84. The Morgan fingerprint density at radius 3 is 2.79 bits per heavy atom. The number of rotatable bonds is 1. The van der Waals surface area contributed by atoms with Crippen LogP contribution >= 0.6 is 0 Å². The first-order chi connectivity index (χ1) is 6.79. The van der Waals surface area contributed by atoms with E-state index >= 15 is 0 Å². The molecule has 4 nitrogen and oxygen atoms in total. The molecular weight excluding hydrogens is 178 g/mol. The van der Waals surface area contributed by atoms with Crippen LogP contribution in [0.2, 0.25) is 0 Å². The third-order valence-electron chi connectivity index (χ3n) is 2.19. The molecule has 1 N–H and O–H groups in total. The number of amides is 2. The molecule has 1 heterocycles. The molecule has 1 aliphatic rings. The fraction of sp³-hybridized carbons (Fsp3) is 0.200. The number of hydrogen-bond donors (Lipinski definition) is 1. The summed E-state index contributed by atoms with van der Waals surface area (Å²) in [5.74, 6) is 0. The Labute approximate surface area is 82.3 Å². The van der Waals surface area contributed by atoms with Crippen molar-refractivity contribution >= 4 is 12.4 Å². The van der Waals surface area contributed by atoms with Gasteiger partial charge in [-0.2, -0.15) is 0 Å². The number of carbonyl (C=O) groups excluding carboxylic acids is 1. The van der Waals surface area contributed by atoms with Crippen molar-refractivity contribution in [2.45, 2.75) is 6.17 Å². The maximum Gasteiger partial charge on any atom is 0.324 e. The summed E-state index contributed by atoms with van der Waals surface area (Å²) in [6, 6.07) is 9.59. The van der Waals surface area contributed by atoms with Crippen LogP contribution in [0, 0.1) is 0 Å². The molecule has 0 saturated heterocycles. The number of carbonyl (C=O) groups is 1. The van der Waals surface area contributed by atoms with E-state index < -0.39 is 0 Å². The van der Waals surface area contributed by atoms with Gasteiger partial charge in [-0.1, -0.05) is 30.3 Å². The minimum absolute atomic E-state index is 0.131. The molecule has 0 bridgehead atoms. The van der Waals surface area contributed by atoms with E-state index in [1.165, 1.54) is 6.34 Å². The lowest BCUT2D eigenvalue weighted by Crippen LogP contribution is -2.42. The molecule has 1 aromatic carbocycles. The quantitative estimate of drug-likeness (QED) is 0.712. The van der Waals surface area contributed by atoms with Gasteiger partial charge in [0.25, 0.3) is 0 Å². The molecular formula is C10H11N3O. The highest BCUT2D eigenvalue weighted by atomic mass is 16.2. The van der Waals surface area contributed by atoms with E-state index in [2.05, 4.69) is 10.3 Å². The second-order valence-electron chi connectivity index (χ2n) is 3.12. The van der Waals surface area contributed by atoms with E-state index in [1.54, 1.807) is 11.9 Å². The summed E-state index contributed by atoms with van der Waals surface area (Å²) < 4.78 is 0. The second kappa shape index (κ2) is 3.49. The molecule has 0 fully saturated rings. The molecule has 2 amide bonds. The molecule has 0 spiro atoms. The van der Waals surface area contributed by atoms with E-state index in [4.69, 9.17) is 0 Å². The second-order valence-corrected chi connectivity index (χ2v) is 3.12. The largest absolute Gasteiger partial charge is 0.324 e. The van der Waals surface area contributed by atoms with Crippen LogP contribution in [-0.4, -0.2) is 24.3 Å². The highest BCUT2D eigenvalue weighted by Crippen LogP contribution is 2.21. The Balaban J connectivity index is 2.31. The number of urea groups is 1. The van der Waals surface area contributed by atoms with Crippen molar-refractivity contribution < 1.29 is 4.79 Å². The maximum absolute atomic E-state index is 11.3. The average molecular weight is 189 g/mol. The van der Waals surface area contributed by atoms with Crippen LogP contribution in [0.1, 0.15) is 11.7 Å². The highest BCUT2D eigenvalue weighted by molar-refractivity contribution is 5.88. The van der Waals surface area contributed by atoms with E-state index in [0.717, 1.165) is 5.56 Å². The molecule has 4 heteroatoms. The lowest BCUT2D eigenvalue weighted by Gasteiger charge is -2.27. The van der Waals surface area contributed by atoms with E-state index in [1.807, 2.05) is 30.3 Å². The summed E-state index contributed by atoms with van der Waals surface area (Å²) in [6.07, 6.45) is 1.24. The SMILES string of the molecule is CN1C(=O)NC=NC1c1ccccc1. The summed E-state index contributed by atoms with van der Waals surface area (Å²) in [7, 11) is 1.73. The number of aliphatic imine (C=N–C) groups is 1. The summed E-state index contributed by atoms with van der Waals surface area (Å²) >= 11 is 0. The summed E-state index contributed by atoms with van der Waals surface area (Å²) in [4.78, 5) is 17.1. The minimum atomic E-state index is -0.204. The Kier molecular flexibility index (Phi) is 2.18. The van der Waals surface area contributed by atoms with Crippen molar-refractivity contribution in [2.24, 2.45) is 4.99 Å². The fourth-order valence-corrected chi connectivity index (χ4v) is 1.41. The van der Waals surface area contributed by atoms with Crippen LogP contribution in [-0.2, 0) is 0 Å². The van der Waals surface area contributed by atoms with Crippen molar-refractivity contribution in [1.29, 1.82) is 0 Å². The predicted octanol–water partition coefficient (Wildman–Crippen LogP) is 1.37. The molecule has 1 aliphatic heterocycles. The lowest BCUT2D eigenvalue weighted by atomic mass is 10.1. The van der Waals surface area contributed by atoms with Gasteiger partial charge in [-0.15, -0.1) is 0 Å². The smallest absolute Gasteiger partial charge is 0.301 e. The lowest BCUT2D eigenvalue weighted by molar-refractivity contribution is 0.193. The topological polar surface area (TPSA) is 44.7 Å². The van der Waals surface area contributed by atoms with Crippen LogP contribution in [0.4, 0.5) is 4.79 Å². The molecule has 14 heavy (non-hydrogen) atoms. The van der Waals surface area contributed by atoms with Crippen LogP contribution in [0.25, 0.3) is 0 Å². The van der Waals surface area contributed by atoms with Crippen molar-refractivity contribution in [3.05, 3.63) is 35.9 Å². The summed E-state index contributed by atoms with van der Waals surface area (Å²) in [5.41, 5.74) is 1.01. The Hall–Kier alpha value is -1.84. The molecule has 72 valence electrons. The number of benzene rings is 1. The predicted molar refractivity (Wildman–Crippen MR) is 54.0 cm³/mol. The molecule has 1 aromatic rings. The summed E-state index contributed by atoms with van der Waals surface area (Å²) in [6.45, 7) is 0. The van der Waals surface area contributed by atoms with Crippen molar-refractivity contribution in [2.75, 3.05) is 7.05 Å². The maximum atomic E-state index is 11.3. The van der Waals surface area contributed by atoms with Gasteiger partial charge in [0.05, 0.1) is 6.34 Å². The van der Waals surface area contributed by atoms with Gasteiger partial charge in [-0.25, -0.2) is 9.79 Å². The van der Waals surface area contributed by atoms with Crippen LogP contribution in [0.3, 0.4) is 0 Å². The monoisotopic (exact) mass is 189 g/mol. The summed E-state index contributed by atoms with van der Waals surface area (Å²) in [5, 5.41) is 2.53. The van der Waals surface area contributed by atoms with Crippen molar-refractivity contribution in [3.63, 3.8) is 0 Å². The molecule has 1 unspecified atom stereocenters. The van der Waals surface area contributed by atoms with Gasteiger partial charge in [-0.3, -0.25) is 5.32 Å². The van der Waals surface area contributed by atoms with Gasteiger partial charge in [0.2, 0.25) is 0 Å². The van der Waals surface area contributed by atoms with Crippen LogP contribution in [0.15, 0.2) is 35.3 Å². The fourth-order valence-electron chi connectivity index (χ4n) is 1.41. The van der Waals surface area contributed by atoms with Gasteiger partial charge >= 0.3 is 6.03 Å². The molecule has 1 atom stereocenters. The van der Waals surface area contributed by atoms with Crippen molar-refractivity contribution in [1.82, 2.24) is 10.2 Å². The molecule has 2 rings (SSSR count). The first-order valence-corrected chi connectivity index (χ1v) is 4.39. The third kappa shape index (κ3) is 1.46. The zero-order valence-corrected chi connectivity index (χ0v) is 7.84. The number of hydrogen-bond acceptors (Lipinski definition) is 2. The highest BCUT2D eigenvalue weighted by Gasteiger charge is 2.22. The zero-order chi connectivity index (χ0) is 9.97. The molecule has 0 radical (unpaired) electrons. The first-order valence-electron chi connectivity index (χ1n) is 4.39. The van der Waals surface area contributed by atoms with Gasteiger partial charge in [0, 0.05) is 7.05 Å². The Bertz CT molecular complexity index is 361. The van der Waals surface area contributed by atoms with Gasteiger partial charge in [0.1, 0.15) is 0 Å². The third-order valence-corrected chi connectivity index (χ3v) is 2.19. The molecule has 0 saturated carbocycles. The molecule has 0 aromatic heterocycles. The Morgan fingerprint density at radius 1 is 1.36 bits per heavy atom. The Morgan fingerprint density at radius 2 is 2.07 bits per heavy atom. The van der Waals surface area contributed by atoms with Gasteiger partial charge in [0.15, 0.2) is 6.17 Å². The van der Waals surface area contributed by atoms with E-state index in [0.29, 0.717) is 0 Å². The van der Waals surface area contributed by atoms with Crippen LogP contribution in [0.5, 0.6) is 0 Å². The first kappa shape index (κ1) is 8.74. The van der Waals surface area contributed by atoms with E-state index in [-0.39, 0.29) is 12.2 Å². The van der Waals surface area contributed by atoms with Crippen LogP contribution < -0.4 is 5.32 Å². The number of nitrogens with zero attached hydrogens (tertiary/aromatic N) is 2. The standard InChI is InChI=1S/C10H11N3O/c1-13-9(11-7-12-10(13)14)8-5-3-2-4-6-8/h2-7,9H,1H3,(H,11,12,14). The molecule has 0 aliphatic carbocycles. The van der Waals surface area contributed by atoms with Gasteiger partial charge in [-0.05, 0) is 5.56 Å². The minimum Gasteiger partial charge on any atom is -0.301 e. The normalized spacial score (nSPS) is 20.8. The van der Waals surface area contributed by atoms with E-state index in [9.17, 15) is 4.79 Å². The average Bonchev–Trinajstić information content (AvgIpc) is 2.23.